The lowest BCUT2D eigenvalue weighted by Gasteiger charge is -2.13. The average molecular weight is 453 g/mol. The van der Waals surface area contributed by atoms with Gasteiger partial charge in [0.1, 0.15) is 5.82 Å². The largest absolute Gasteiger partial charge is 0.307 e. The van der Waals surface area contributed by atoms with Crippen molar-refractivity contribution in [3.05, 3.63) is 75.9 Å². The standard InChI is InChI=1S/C19H18Cl2N4O3S/c1-24(2)29(27,28)14-6-3-5-13(11-14)19(26)23-18-9-10-22-25(18)12-15-16(20)7-4-8-17(15)21/h3-11H,12H2,1-2H3,(H,23,26). The van der Waals surface area contributed by atoms with E-state index in [9.17, 15) is 13.2 Å². The molecule has 1 heterocycles. The number of nitrogens with zero attached hydrogens (tertiary/aromatic N) is 3. The summed E-state index contributed by atoms with van der Waals surface area (Å²) in [6.45, 7) is 0.260. The number of aromatic nitrogens is 2. The highest BCUT2D eigenvalue weighted by Crippen LogP contribution is 2.26. The Morgan fingerprint density at radius 1 is 1.10 bits per heavy atom. The zero-order chi connectivity index (χ0) is 21.2. The SMILES string of the molecule is CN(C)S(=O)(=O)c1cccc(C(=O)Nc2ccnn2Cc2c(Cl)cccc2Cl)c1. The number of benzene rings is 2. The summed E-state index contributed by atoms with van der Waals surface area (Å²) in [6.07, 6.45) is 1.54. The zero-order valence-corrected chi connectivity index (χ0v) is 18.0. The van der Waals surface area contributed by atoms with Crippen LogP contribution in [-0.4, -0.2) is 42.5 Å². The first-order valence-electron chi connectivity index (χ1n) is 8.49. The lowest BCUT2D eigenvalue weighted by atomic mass is 10.2. The maximum atomic E-state index is 12.7. The fourth-order valence-electron chi connectivity index (χ4n) is 2.60. The molecule has 1 N–H and O–H groups in total. The van der Waals surface area contributed by atoms with Crippen LogP contribution in [0.25, 0.3) is 0 Å². The molecule has 1 aromatic heterocycles. The van der Waals surface area contributed by atoms with Crippen molar-refractivity contribution in [3.8, 4) is 0 Å². The predicted molar refractivity (Wildman–Crippen MR) is 113 cm³/mol. The normalized spacial score (nSPS) is 11.6. The van der Waals surface area contributed by atoms with Gasteiger partial charge in [0, 0.05) is 41.3 Å². The molecule has 0 aliphatic heterocycles. The number of halogens is 2. The highest BCUT2D eigenvalue weighted by molar-refractivity contribution is 7.89. The second-order valence-electron chi connectivity index (χ2n) is 6.34. The summed E-state index contributed by atoms with van der Waals surface area (Å²) in [7, 11) is -0.785. The van der Waals surface area contributed by atoms with Gasteiger partial charge in [-0.2, -0.15) is 5.10 Å². The van der Waals surface area contributed by atoms with E-state index in [0.29, 0.717) is 21.4 Å². The Morgan fingerprint density at radius 2 is 1.76 bits per heavy atom. The third kappa shape index (κ3) is 4.62. The van der Waals surface area contributed by atoms with Crippen molar-refractivity contribution in [1.82, 2.24) is 14.1 Å². The number of sulfonamides is 1. The van der Waals surface area contributed by atoms with E-state index in [1.54, 1.807) is 28.9 Å². The van der Waals surface area contributed by atoms with Crippen LogP contribution in [0.4, 0.5) is 5.82 Å². The summed E-state index contributed by atoms with van der Waals surface area (Å²) >= 11 is 12.4. The van der Waals surface area contributed by atoms with Gasteiger partial charge in [0.05, 0.1) is 17.6 Å². The van der Waals surface area contributed by atoms with Crippen LogP contribution in [0.3, 0.4) is 0 Å². The zero-order valence-electron chi connectivity index (χ0n) is 15.6. The van der Waals surface area contributed by atoms with Crippen molar-refractivity contribution in [2.45, 2.75) is 11.4 Å². The molecule has 0 saturated heterocycles. The molecule has 10 heteroatoms. The number of amides is 1. The van der Waals surface area contributed by atoms with E-state index < -0.39 is 15.9 Å². The maximum Gasteiger partial charge on any atom is 0.256 e. The van der Waals surface area contributed by atoms with Gasteiger partial charge in [-0.05, 0) is 30.3 Å². The van der Waals surface area contributed by atoms with Crippen LogP contribution in [-0.2, 0) is 16.6 Å². The third-order valence-electron chi connectivity index (χ3n) is 4.20. The van der Waals surface area contributed by atoms with Gasteiger partial charge in [0.15, 0.2) is 0 Å². The van der Waals surface area contributed by atoms with Gasteiger partial charge in [0.2, 0.25) is 10.0 Å². The fourth-order valence-corrected chi connectivity index (χ4v) is 4.06. The first-order valence-corrected chi connectivity index (χ1v) is 10.7. The highest BCUT2D eigenvalue weighted by atomic mass is 35.5. The number of nitrogens with one attached hydrogen (secondary N) is 1. The Morgan fingerprint density at radius 3 is 2.41 bits per heavy atom. The third-order valence-corrected chi connectivity index (χ3v) is 6.72. The van der Waals surface area contributed by atoms with Gasteiger partial charge >= 0.3 is 0 Å². The predicted octanol–water partition coefficient (Wildman–Crippen LogP) is 3.74. The number of anilines is 1. The Hall–Kier alpha value is -2.39. The topological polar surface area (TPSA) is 84.3 Å². The molecule has 0 aliphatic carbocycles. The second-order valence-corrected chi connectivity index (χ2v) is 9.31. The summed E-state index contributed by atoms with van der Waals surface area (Å²) in [6, 6.07) is 12.6. The summed E-state index contributed by atoms with van der Waals surface area (Å²) in [5.41, 5.74) is 0.880. The number of carbonyl (C=O) groups excluding carboxylic acids is 1. The molecule has 3 aromatic rings. The van der Waals surface area contributed by atoms with Crippen molar-refractivity contribution in [2.24, 2.45) is 0 Å². The molecule has 0 unspecified atom stereocenters. The van der Waals surface area contributed by atoms with Crippen molar-refractivity contribution < 1.29 is 13.2 Å². The van der Waals surface area contributed by atoms with Crippen LogP contribution in [0.15, 0.2) is 59.6 Å². The molecule has 2 aromatic carbocycles. The van der Waals surface area contributed by atoms with Gasteiger partial charge in [-0.25, -0.2) is 17.4 Å². The van der Waals surface area contributed by atoms with E-state index in [-0.39, 0.29) is 17.0 Å². The van der Waals surface area contributed by atoms with Gasteiger partial charge in [-0.1, -0.05) is 35.3 Å². The van der Waals surface area contributed by atoms with E-state index >= 15 is 0 Å². The van der Waals surface area contributed by atoms with Crippen LogP contribution >= 0.6 is 23.2 Å². The molecule has 0 atom stereocenters. The fraction of sp³-hybridized carbons (Fsp3) is 0.158. The number of hydrogen-bond donors (Lipinski definition) is 1. The minimum absolute atomic E-state index is 0.0338. The Labute approximate surface area is 178 Å². The van der Waals surface area contributed by atoms with Crippen LogP contribution in [0, 0.1) is 0 Å². The van der Waals surface area contributed by atoms with Crippen LogP contribution in [0.5, 0.6) is 0 Å². The summed E-state index contributed by atoms with van der Waals surface area (Å²) in [5, 5.41) is 7.93. The molecule has 29 heavy (non-hydrogen) atoms. The Bertz CT molecular complexity index is 1140. The number of carbonyl (C=O) groups is 1. The number of rotatable bonds is 6. The van der Waals surface area contributed by atoms with Crippen LogP contribution in [0.2, 0.25) is 10.0 Å². The van der Waals surface area contributed by atoms with Crippen molar-refractivity contribution >= 4 is 45.0 Å². The molecule has 1 amide bonds. The van der Waals surface area contributed by atoms with Crippen LogP contribution in [0.1, 0.15) is 15.9 Å². The first kappa shape index (κ1) is 21.3. The lowest BCUT2D eigenvalue weighted by Crippen LogP contribution is -2.23. The molecular formula is C19H18Cl2N4O3S. The molecular weight excluding hydrogens is 435 g/mol. The minimum atomic E-state index is -3.65. The Balaban J connectivity index is 1.84. The molecule has 0 saturated carbocycles. The molecule has 0 radical (unpaired) electrons. The van der Waals surface area contributed by atoms with Crippen molar-refractivity contribution in [1.29, 1.82) is 0 Å². The lowest BCUT2D eigenvalue weighted by molar-refractivity contribution is 0.102. The number of hydrogen-bond acceptors (Lipinski definition) is 4. The molecule has 0 fully saturated rings. The summed E-state index contributed by atoms with van der Waals surface area (Å²) in [4.78, 5) is 12.7. The average Bonchev–Trinajstić information content (AvgIpc) is 3.11. The van der Waals surface area contributed by atoms with E-state index in [4.69, 9.17) is 23.2 Å². The minimum Gasteiger partial charge on any atom is -0.307 e. The van der Waals surface area contributed by atoms with Gasteiger partial charge < -0.3 is 5.32 Å². The molecule has 7 nitrogen and oxygen atoms in total. The van der Waals surface area contributed by atoms with Crippen LogP contribution < -0.4 is 5.32 Å². The maximum absolute atomic E-state index is 12.7. The quantitative estimate of drug-likeness (QED) is 0.617. The van der Waals surface area contributed by atoms with E-state index in [1.165, 1.54) is 44.6 Å². The van der Waals surface area contributed by atoms with E-state index in [0.717, 1.165) is 4.31 Å². The van der Waals surface area contributed by atoms with Gasteiger partial charge in [-0.3, -0.25) is 4.79 Å². The summed E-state index contributed by atoms with van der Waals surface area (Å²) in [5.74, 6) is -0.0420. The molecule has 0 aliphatic rings. The van der Waals surface area contributed by atoms with E-state index in [1.807, 2.05) is 0 Å². The molecule has 0 bridgehead atoms. The second kappa shape index (κ2) is 8.54. The first-order chi connectivity index (χ1) is 13.7. The Kier molecular flexibility index (Phi) is 6.28. The van der Waals surface area contributed by atoms with E-state index in [2.05, 4.69) is 10.4 Å². The summed E-state index contributed by atoms with van der Waals surface area (Å²) < 4.78 is 27.2. The van der Waals surface area contributed by atoms with Crippen molar-refractivity contribution in [3.63, 3.8) is 0 Å². The smallest absolute Gasteiger partial charge is 0.256 e. The molecule has 152 valence electrons. The van der Waals surface area contributed by atoms with Gasteiger partial charge in [0.25, 0.3) is 5.91 Å². The van der Waals surface area contributed by atoms with Crippen molar-refractivity contribution in [2.75, 3.05) is 19.4 Å². The monoisotopic (exact) mass is 452 g/mol. The van der Waals surface area contributed by atoms with Gasteiger partial charge in [-0.15, -0.1) is 0 Å². The highest BCUT2D eigenvalue weighted by Gasteiger charge is 2.19. The molecule has 0 spiro atoms. The molecule has 3 rings (SSSR count).